The van der Waals surface area contributed by atoms with Crippen molar-refractivity contribution in [3.05, 3.63) is 71.8 Å². The van der Waals surface area contributed by atoms with Crippen LogP contribution in [0.5, 0.6) is 0 Å². The monoisotopic (exact) mass is 425 g/mol. The SMILES string of the molecule is NC(=O)[C@@H](Cc1ccccc1)NC(=O)C1=C[C@@H](NC(=O)c2cnccn2)[C@@H](O)[C@H](O)C1. The van der Waals surface area contributed by atoms with Gasteiger partial charge in [-0.1, -0.05) is 36.4 Å². The van der Waals surface area contributed by atoms with Crippen molar-refractivity contribution in [2.75, 3.05) is 0 Å². The van der Waals surface area contributed by atoms with Gasteiger partial charge in [0.1, 0.15) is 17.8 Å². The lowest BCUT2D eigenvalue weighted by Gasteiger charge is -2.31. The summed E-state index contributed by atoms with van der Waals surface area (Å²) in [6.07, 6.45) is 2.78. The van der Waals surface area contributed by atoms with Crippen LogP contribution in [0.3, 0.4) is 0 Å². The Kier molecular flexibility index (Phi) is 7.06. The Balaban J connectivity index is 1.73. The third-order valence-electron chi connectivity index (χ3n) is 4.89. The minimum Gasteiger partial charge on any atom is -0.390 e. The van der Waals surface area contributed by atoms with Crippen LogP contribution in [0.1, 0.15) is 22.5 Å². The van der Waals surface area contributed by atoms with Gasteiger partial charge in [-0.05, 0) is 5.56 Å². The maximum absolute atomic E-state index is 12.7. The molecule has 31 heavy (non-hydrogen) atoms. The first kappa shape index (κ1) is 22.1. The van der Waals surface area contributed by atoms with Crippen LogP contribution in [0, 0.1) is 0 Å². The number of nitrogens with zero attached hydrogens (tertiary/aromatic N) is 2. The number of hydrogen-bond donors (Lipinski definition) is 5. The van der Waals surface area contributed by atoms with Gasteiger partial charge in [-0.25, -0.2) is 4.98 Å². The minimum absolute atomic E-state index is 0.0193. The molecule has 0 bridgehead atoms. The maximum Gasteiger partial charge on any atom is 0.272 e. The van der Waals surface area contributed by atoms with Crippen molar-refractivity contribution in [1.82, 2.24) is 20.6 Å². The Morgan fingerprint density at radius 3 is 2.52 bits per heavy atom. The van der Waals surface area contributed by atoms with Gasteiger partial charge in [0.25, 0.3) is 5.91 Å². The Hall–Kier alpha value is -3.63. The van der Waals surface area contributed by atoms with Crippen LogP contribution < -0.4 is 16.4 Å². The minimum atomic E-state index is -1.33. The molecule has 162 valence electrons. The first-order valence-corrected chi connectivity index (χ1v) is 9.63. The second-order valence-corrected chi connectivity index (χ2v) is 7.16. The average molecular weight is 425 g/mol. The highest BCUT2D eigenvalue weighted by atomic mass is 16.3. The summed E-state index contributed by atoms with van der Waals surface area (Å²) in [5, 5.41) is 25.5. The predicted octanol–water partition coefficient (Wildman–Crippen LogP) is -1.16. The summed E-state index contributed by atoms with van der Waals surface area (Å²) >= 11 is 0. The molecule has 10 nitrogen and oxygen atoms in total. The Morgan fingerprint density at radius 1 is 1.13 bits per heavy atom. The molecule has 1 aliphatic carbocycles. The Labute approximate surface area is 178 Å². The lowest BCUT2D eigenvalue weighted by atomic mass is 9.89. The molecule has 1 aromatic heterocycles. The summed E-state index contributed by atoms with van der Waals surface area (Å²) in [6, 6.07) is 7.05. The zero-order valence-electron chi connectivity index (χ0n) is 16.5. The van der Waals surface area contributed by atoms with E-state index in [9.17, 15) is 24.6 Å². The van der Waals surface area contributed by atoms with E-state index in [2.05, 4.69) is 20.6 Å². The molecular weight excluding hydrogens is 402 g/mol. The van der Waals surface area contributed by atoms with Gasteiger partial charge in [-0.2, -0.15) is 0 Å². The van der Waals surface area contributed by atoms with Crippen molar-refractivity contribution in [2.24, 2.45) is 5.73 Å². The molecule has 6 N–H and O–H groups in total. The first-order chi connectivity index (χ1) is 14.8. The molecule has 1 heterocycles. The molecule has 1 aromatic carbocycles. The number of nitrogens with one attached hydrogen (secondary N) is 2. The molecule has 0 radical (unpaired) electrons. The van der Waals surface area contributed by atoms with E-state index < -0.39 is 42.0 Å². The highest BCUT2D eigenvalue weighted by molar-refractivity contribution is 5.97. The fraction of sp³-hybridized carbons (Fsp3) is 0.286. The summed E-state index contributed by atoms with van der Waals surface area (Å²) in [5.41, 5.74) is 6.38. The first-order valence-electron chi connectivity index (χ1n) is 9.63. The topological polar surface area (TPSA) is 168 Å². The quantitative estimate of drug-likeness (QED) is 0.373. The van der Waals surface area contributed by atoms with Crippen molar-refractivity contribution in [2.45, 2.75) is 37.1 Å². The van der Waals surface area contributed by atoms with Gasteiger partial charge in [-0.3, -0.25) is 19.4 Å². The van der Waals surface area contributed by atoms with E-state index in [4.69, 9.17) is 5.73 Å². The van der Waals surface area contributed by atoms with Gasteiger partial charge >= 0.3 is 0 Å². The molecule has 0 fully saturated rings. The standard InChI is InChI=1S/C21H23N5O5/c22-19(29)15(8-12-4-2-1-3-5-12)26-20(30)13-9-14(18(28)17(27)10-13)25-21(31)16-11-23-6-7-24-16/h1-7,9,11,14-15,17-18,27-28H,8,10H2,(H2,22,29)(H,25,31)(H,26,30)/t14-,15-,17-,18-/m1/s1. The van der Waals surface area contributed by atoms with Crippen LogP contribution in [0.2, 0.25) is 0 Å². The number of carbonyl (C=O) groups excluding carboxylic acids is 3. The van der Waals surface area contributed by atoms with Crippen LogP contribution in [0.4, 0.5) is 0 Å². The number of aromatic nitrogens is 2. The molecule has 1 aliphatic rings. The summed E-state index contributed by atoms with van der Waals surface area (Å²) in [6.45, 7) is 0. The summed E-state index contributed by atoms with van der Waals surface area (Å²) in [4.78, 5) is 44.6. The van der Waals surface area contributed by atoms with Crippen molar-refractivity contribution >= 4 is 17.7 Å². The van der Waals surface area contributed by atoms with Crippen molar-refractivity contribution in [3.63, 3.8) is 0 Å². The Bertz CT molecular complexity index is 967. The number of carbonyl (C=O) groups is 3. The van der Waals surface area contributed by atoms with Gasteiger partial charge in [0.05, 0.1) is 18.3 Å². The van der Waals surface area contributed by atoms with Crippen LogP contribution in [-0.4, -0.2) is 62.2 Å². The molecule has 3 amide bonds. The van der Waals surface area contributed by atoms with E-state index in [-0.39, 0.29) is 24.1 Å². The van der Waals surface area contributed by atoms with E-state index in [1.54, 1.807) is 24.3 Å². The van der Waals surface area contributed by atoms with Gasteiger partial charge in [0, 0.05) is 30.8 Å². The highest BCUT2D eigenvalue weighted by Crippen LogP contribution is 2.20. The van der Waals surface area contributed by atoms with E-state index in [0.717, 1.165) is 5.56 Å². The average Bonchev–Trinajstić information content (AvgIpc) is 2.77. The number of rotatable bonds is 7. The zero-order chi connectivity index (χ0) is 22.4. The van der Waals surface area contributed by atoms with Crippen LogP contribution in [0.15, 0.2) is 60.6 Å². The second-order valence-electron chi connectivity index (χ2n) is 7.16. The maximum atomic E-state index is 12.7. The molecule has 0 aliphatic heterocycles. The molecule has 0 unspecified atom stereocenters. The highest BCUT2D eigenvalue weighted by Gasteiger charge is 2.34. The Morgan fingerprint density at radius 2 is 1.87 bits per heavy atom. The van der Waals surface area contributed by atoms with Gasteiger partial charge in [0.15, 0.2) is 0 Å². The van der Waals surface area contributed by atoms with Crippen LogP contribution in [-0.2, 0) is 16.0 Å². The fourth-order valence-corrected chi connectivity index (χ4v) is 3.23. The molecule has 4 atom stereocenters. The van der Waals surface area contributed by atoms with Gasteiger partial charge in [-0.15, -0.1) is 0 Å². The smallest absolute Gasteiger partial charge is 0.272 e. The number of amides is 3. The predicted molar refractivity (Wildman–Crippen MR) is 109 cm³/mol. The number of aliphatic hydroxyl groups is 2. The summed E-state index contributed by atoms with van der Waals surface area (Å²) in [5.74, 6) is -1.95. The van der Waals surface area contributed by atoms with E-state index in [1.807, 2.05) is 6.07 Å². The zero-order valence-corrected chi connectivity index (χ0v) is 16.5. The van der Waals surface area contributed by atoms with Gasteiger partial charge < -0.3 is 26.6 Å². The van der Waals surface area contributed by atoms with E-state index in [0.29, 0.717) is 0 Å². The van der Waals surface area contributed by atoms with Crippen molar-refractivity contribution in [1.29, 1.82) is 0 Å². The van der Waals surface area contributed by atoms with E-state index in [1.165, 1.54) is 24.7 Å². The summed E-state index contributed by atoms with van der Waals surface area (Å²) < 4.78 is 0. The van der Waals surface area contributed by atoms with E-state index >= 15 is 0 Å². The molecule has 0 saturated carbocycles. The lowest BCUT2D eigenvalue weighted by molar-refractivity contribution is -0.125. The number of benzene rings is 1. The lowest BCUT2D eigenvalue weighted by Crippen LogP contribution is -2.52. The molecule has 3 rings (SSSR count). The third-order valence-corrected chi connectivity index (χ3v) is 4.89. The fourth-order valence-electron chi connectivity index (χ4n) is 3.23. The molecule has 10 heteroatoms. The number of primary amides is 1. The molecular formula is C21H23N5O5. The number of hydrogen-bond acceptors (Lipinski definition) is 7. The largest absolute Gasteiger partial charge is 0.390 e. The van der Waals surface area contributed by atoms with Gasteiger partial charge in [0.2, 0.25) is 11.8 Å². The molecule has 0 saturated heterocycles. The summed E-state index contributed by atoms with van der Waals surface area (Å²) in [7, 11) is 0. The molecule has 0 spiro atoms. The molecule has 2 aromatic rings. The van der Waals surface area contributed by atoms with Crippen LogP contribution >= 0.6 is 0 Å². The normalized spacial score (nSPS) is 21.5. The van der Waals surface area contributed by atoms with Crippen molar-refractivity contribution < 1.29 is 24.6 Å². The van der Waals surface area contributed by atoms with Crippen LogP contribution in [0.25, 0.3) is 0 Å². The number of aliphatic hydroxyl groups excluding tert-OH is 2. The second kappa shape index (κ2) is 9.92. The van der Waals surface area contributed by atoms with Crippen molar-refractivity contribution in [3.8, 4) is 0 Å². The number of nitrogens with two attached hydrogens (primary N) is 1. The third kappa shape index (κ3) is 5.71.